The van der Waals surface area contributed by atoms with Crippen LogP contribution in [-0.2, 0) is 19.1 Å². The van der Waals surface area contributed by atoms with Crippen LogP contribution in [0.5, 0.6) is 5.88 Å². The fourth-order valence-corrected chi connectivity index (χ4v) is 5.73. The van der Waals surface area contributed by atoms with Crippen molar-refractivity contribution < 1.29 is 33.4 Å². The minimum absolute atomic E-state index is 0.00865. The van der Waals surface area contributed by atoms with Crippen LogP contribution < -0.4 is 10.1 Å². The molecule has 2 heterocycles. The second-order valence-electron chi connectivity index (χ2n) is 13.0. The third-order valence-corrected chi connectivity index (χ3v) is 7.99. The Morgan fingerprint density at radius 2 is 1.63 bits per heavy atom. The average molecular weight is 638 g/mol. The molecule has 1 saturated heterocycles. The van der Waals surface area contributed by atoms with E-state index in [1.54, 1.807) is 37.5 Å². The monoisotopic (exact) mass is 637 g/mol. The van der Waals surface area contributed by atoms with Crippen LogP contribution in [0.3, 0.4) is 0 Å². The van der Waals surface area contributed by atoms with E-state index < -0.39 is 29.6 Å². The zero-order valence-corrected chi connectivity index (χ0v) is 27.8. The Bertz CT molecular complexity index is 1370. The van der Waals surface area contributed by atoms with Crippen LogP contribution in [0, 0.1) is 0 Å². The number of esters is 1. The molecule has 12 heteroatoms. The molecule has 250 valence electrons. The van der Waals surface area contributed by atoms with E-state index in [0.29, 0.717) is 17.3 Å². The highest BCUT2D eigenvalue weighted by molar-refractivity contribution is 5.97. The molecule has 12 nitrogen and oxygen atoms in total. The second kappa shape index (κ2) is 15.4. The Hall–Kier alpha value is -4.22. The molecular weight excluding hydrogens is 590 g/mol. The van der Waals surface area contributed by atoms with Crippen LogP contribution in [0.2, 0.25) is 0 Å². The maximum Gasteiger partial charge on any atom is 0.410 e. The minimum Gasteiger partial charge on any atom is -0.474 e. The summed E-state index contributed by atoms with van der Waals surface area (Å²) in [5, 5.41) is 2.85. The van der Waals surface area contributed by atoms with Gasteiger partial charge in [-0.1, -0.05) is 30.3 Å². The Labute approximate surface area is 271 Å². The highest BCUT2D eigenvalue weighted by atomic mass is 16.6. The molecule has 46 heavy (non-hydrogen) atoms. The summed E-state index contributed by atoms with van der Waals surface area (Å²) in [6.07, 6.45) is 3.46. The van der Waals surface area contributed by atoms with Crippen LogP contribution >= 0.6 is 0 Å². The third-order valence-electron chi connectivity index (χ3n) is 7.99. The van der Waals surface area contributed by atoms with Gasteiger partial charge >= 0.3 is 12.1 Å². The molecule has 2 fully saturated rings. The van der Waals surface area contributed by atoms with Crippen LogP contribution in [0.1, 0.15) is 90.6 Å². The highest BCUT2D eigenvalue weighted by Crippen LogP contribution is 2.26. The van der Waals surface area contributed by atoms with Gasteiger partial charge in [0.15, 0.2) is 5.82 Å². The van der Waals surface area contributed by atoms with Gasteiger partial charge in [-0.3, -0.25) is 14.4 Å². The standard InChI is InChI=1S/C34H47N5O7/c1-7-44-33(43)39-21-22(2)38(20-23(39)3)32(42)26(17-18-29(40)46-34(4,5)6)36-31(41)27-19-28(45-25-15-11-12-16-25)37-30(35-27)24-13-9-8-10-14-24/h8-10,13-14,19,22-23,25-26H,7,11-12,15-18,20-21H2,1-6H3,(H,36,41)/t22-,23+,26-/m0/s1. The summed E-state index contributed by atoms with van der Waals surface area (Å²) in [6, 6.07) is 9.07. The topological polar surface area (TPSA) is 140 Å². The Balaban J connectivity index is 1.59. The number of piperazine rings is 1. The van der Waals surface area contributed by atoms with E-state index >= 15 is 0 Å². The molecule has 0 spiro atoms. The molecule has 1 N–H and O–H groups in total. The number of hydrogen-bond donors (Lipinski definition) is 1. The van der Waals surface area contributed by atoms with Gasteiger partial charge in [-0.25, -0.2) is 9.78 Å². The molecule has 2 aromatic rings. The van der Waals surface area contributed by atoms with E-state index in [9.17, 15) is 19.2 Å². The summed E-state index contributed by atoms with van der Waals surface area (Å²) in [6.45, 7) is 11.5. The second-order valence-corrected chi connectivity index (χ2v) is 13.0. The Morgan fingerprint density at radius 3 is 2.28 bits per heavy atom. The Kier molecular flexibility index (Phi) is 11.6. The maximum atomic E-state index is 14.1. The first kappa shape index (κ1) is 34.6. The van der Waals surface area contributed by atoms with Crippen LogP contribution in [0.4, 0.5) is 4.79 Å². The number of benzene rings is 1. The lowest BCUT2D eigenvalue weighted by molar-refractivity contribution is -0.155. The van der Waals surface area contributed by atoms with E-state index in [0.717, 1.165) is 25.7 Å². The normalized spacial score (nSPS) is 19.3. The summed E-state index contributed by atoms with van der Waals surface area (Å²) in [5.74, 6) is -0.812. The van der Waals surface area contributed by atoms with E-state index in [4.69, 9.17) is 14.2 Å². The van der Waals surface area contributed by atoms with E-state index in [1.165, 1.54) is 6.07 Å². The molecule has 0 unspecified atom stereocenters. The fourth-order valence-electron chi connectivity index (χ4n) is 5.73. The van der Waals surface area contributed by atoms with Crippen LogP contribution in [0.25, 0.3) is 11.4 Å². The quantitative estimate of drug-likeness (QED) is 0.365. The third kappa shape index (κ3) is 9.40. The molecule has 4 rings (SSSR count). The average Bonchev–Trinajstić information content (AvgIpc) is 3.52. The van der Waals surface area contributed by atoms with Crippen molar-refractivity contribution in [2.24, 2.45) is 0 Å². The predicted octanol–water partition coefficient (Wildman–Crippen LogP) is 4.76. The van der Waals surface area contributed by atoms with Gasteiger partial charge in [0.25, 0.3) is 5.91 Å². The first-order valence-corrected chi connectivity index (χ1v) is 16.2. The van der Waals surface area contributed by atoms with Crippen molar-refractivity contribution >= 4 is 23.9 Å². The lowest BCUT2D eigenvalue weighted by atomic mass is 10.0. The van der Waals surface area contributed by atoms with Gasteiger partial charge in [0.05, 0.1) is 6.61 Å². The zero-order chi connectivity index (χ0) is 33.4. The number of rotatable bonds is 10. The first-order valence-electron chi connectivity index (χ1n) is 16.2. The number of carbonyl (C=O) groups excluding carboxylic acids is 4. The molecule has 3 amide bonds. The van der Waals surface area contributed by atoms with Gasteiger partial charge in [0.2, 0.25) is 11.8 Å². The number of aromatic nitrogens is 2. The molecule has 1 aliphatic carbocycles. The van der Waals surface area contributed by atoms with Gasteiger partial charge in [-0.05, 0) is 73.6 Å². The summed E-state index contributed by atoms with van der Waals surface area (Å²) in [4.78, 5) is 65.5. The van der Waals surface area contributed by atoms with Crippen molar-refractivity contribution in [1.29, 1.82) is 0 Å². The van der Waals surface area contributed by atoms with Crippen molar-refractivity contribution in [2.45, 2.75) is 110 Å². The molecule has 0 radical (unpaired) electrons. The minimum atomic E-state index is -1.06. The van der Waals surface area contributed by atoms with Gasteiger partial charge < -0.3 is 29.3 Å². The van der Waals surface area contributed by atoms with E-state index in [2.05, 4.69) is 15.3 Å². The molecular formula is C34H47N5O7. The molecule has 1 aromatic carbocycles. The number of amides is 3. The lowest BCUT2D eigenvalue weighted by Gasteiger charge is -2.44. The van der Waals surface area contributed by atoms with Crippen molar-refractivity contribution in [3.05, 3.63) is 42.1 Å². The van der Waals surface area contributed by atoms with Crippen LogP contribution in [-0.4, -0.2) is 93.2 Å². The SMILES string of the molecule is CCOC(=O)N1C[C@H](C)N(C(=O)[C@H](CCC(=O)OC(C)(C)C)NC(=O)c2cc(OC3CCCC3)nc(-c3ccccc3)n2)C[C@H]1C. The van der Waals surface area contributed by atoms with E-state index in [-0.39, 0.29) is 62.3 Å². The largest absolute Gasteiger partial charge is 0.474 e. The van der Waals surface area contributed by atoms with Crippen molar-refractivity contribution in [3.63, 3.8) is 0 Å². The zero-order valence-electron chi connectivity index (χ0n) is 27.8. The van der Waals surface area contributed by atoms with Crippen molar-refractivity contribution in [2.75, 3.05) is 19.7 Å². The molecule has 0 bridgehead atoms. The van der Waals surface area contributed by atoms with Gasteiger partial charge in [0.1, 0.15) is 23.4 Å². The maximum absolute atomic E-state index is 14.1. The van der Waals surface area contributed by atoms with Crippen molar-refractivity contribution in [3.8, 4) is 17.3 Å². The number of ether oxygens (including phenoxy) is 3. The molecule has 1 aliphatic heterocycles. The van der Waals surface area contributed by atoms with Gasteiger partial charge in [-0.15, -0.1) is 0 Å². The van der Waals surface area contributed by atoms with Crippen LogP contribution in [0.15, 0.2) is 36.4 Å². The molecule has 1 saturated carbocycles. The smallest absolute Gasteiger partial charge is 0.410 e. The first-order chi connectivity index (χ1) is 21.8. The lowest BCUT2D eigenvalue weighted by Crippen LogP contribution is -2.62. The summed E-state index contributed by atoms with van der Waals surface area (Å²) in [5.41, 5.74) is 0.0660. The molecule has 2 aliphatic rings. The summed E-state index contributed by atoms with van der Waals surface area (Å²) >= 11 is 0. The molecule has 1 aromatic heterocycles. The van der Waals surface area contributed by atoms with E-state index in [1.807, 2.05) is 44.2 Å². The highest BCUT2D eigenvalue weighted by Gasteiger charge is 2.38. The Morgan fingerprint density at radius 1 is 0.978 bits per heavy atom. The number of carbonyl (C=O) groups is 4. The molecule has 3 atom stereocenters. The summed E-state index contributed by atoms with van der Waals surface area (Å²) in [7, 11) is 0. The van der Waals surface area contributed by atoms with Crippen molar-refractivity contribution in [1.82, 2.24) is 25.1 Å². The summed E-state index contributed by atoms with van der Waals surface area (Å²) < 4.78 is 16.8. The number of hydrogen-bond acceptors (Lipinski definition) is 9. The van der Waals surface area contributed by atoms with Gasteiger partial charge in [0, 0.05) is 43.2 Å². The van der Waals surface area contributed by atoms with Gasteiger partial charge in [-0.2, -0.15) is 4.98 Å². The number of nitrogens with one attached hydrogen (secondary N) is 1. The number of nitrogens with zero attached hydrogens (tertiary/aromatic N) is 4. The predicted molar refractivity (Wildman–Crippen MR) is 171 cm³/mol. The fraction of sp³-hybridized carbons (Fsp3) is 0.588.